The number of carboxylic acid groups (broad SMARTS) is 1. The summed E-state index contributed by atoms with van der Waals surface area (Å²) < 4.78 is 11.0. The van der Waals surface area contributed by atoms with Crippen LogP contribution in [0.4, 0.5) is 0 Å². The van der Waals surface area contributed by atoms with Crippen molar-refractivity contribution in [3.05, 3.63) is 0 Å². The van der Waals surface area contributed by atoms with Crippen molar-refractivity contribution in [3.63, 3.8) is 0 Å². The van der Waals surface area contributed by atoms with E-state index in [2.05, 4.69) is 5.32 Å². The predicted molar refractivity (Wildman–Crippen MR) is 155 cm³/mol. The van der Waals surface area contributed by atoms with Gasteiger partial charge in [-0.15, -0.1) is 0 Å². The minimum Gasteiger partial charge on any atom is -0.476 e. The van der Waals surface area contributed by atoms with E-state index in [1.54, 1.807) is 0 Å². The Morgan fingerprint density at radius 3 is 1.44 bits per heavy atom. The van der Waals surface area contributed by atoms with E-state index in [1.807, 2.05) is 41.5 Å². The van der Waals surface area contributed by atoms with Gasteiger partial charge in [-0.1, -0.05) is 77.0 Å². The van der Waals surface area contributed by atoms with Gasteiger partial charge in [-0.3, -0.25) is 14.4 Å². The van der Waals surface area contributed by atoms with Gasteiger partial charge in [0.15, 0.2) is 0 Å². The van der Waals surface area contributed by atoms with Gasteiger partial charge in [0.1, 0.15) is 5.60 Å². The molecule has 0 radical (unpaired) electrons. The molecule has 0 aliphatic carbocycles. The summed E-state index contributed by atoms with van der Waals surface area (Å²) in [5, 5.41) is 11.6. The number of ether oxygens (including phenoxy) is 2. The zero-order valence-corrected chi connectivity index (χ0v) is 25.7. The molecule has 0 aromatic carbocycles. The summed E-state index contributed by atoms with van der Waals surface area (Å²) in [5.41, 5.74) is -0.834. The van der Waals surface area contributed by atoms with E-state index in [4.69, 9.17) is 14.6 Å². The summed E-state index contributed by atoms with van der Waals surface area (Å²) in [6.45, 7) is 11.4. The molecule has 0 unspecified atom stereocenters. The molecule has 0 saturated heterocycles. The number of amides is 1. The van der Waals surface area contributed by atoms with Gasteiger partial charge in [-0.2, -0.15) is 0 Å². The Morgan fingerprint density at radius 1 is 0.641 bits per heavy atom. The summed E-state index contributed by atoms with van der Waals surface area (Å²) in [5.74, 6) is -2.68. The molecule has 0 spiro atoms. The third-order valence-electron chi connectivity index (χ3n) is 6.21. The van der Waals surface area contributed by atoms with Crippen molar-refractivity contribution in [2.24, 2.45) is 0 Å². The number of nitrogens with one attached hydrogen (secondary N) is 1. The Morgan fingerprint density at radius 2 is 1.05 bits per heavy atom. The molecular weight excluding hydrogens is 498 g/mol. The molecule has 0 fully saturated rings. The van der Waals surface area contributed by atoms with Crippen LogP contribution in [0.5, 0.6) is 0 Å². The van der Waals surface area contributed by atoms with E-state index in [0.717, 1.165) is 32.1 Å². The molecule has 2 N–H and O–H groups in total. The molecule has 0 bridgehead atoms. The second-order valence-electron chi connectivity index (χ2n) is 12.7. The van der Waals surface area contributed by atoms with E-state index < -0.39 is 29.0 Å². The number of Topliss-reactive ketones (excluding diaryl/α,β-unsaturated/α-hetero) is 1. The van der Waals surface area contributed by atoms with Crippen LogP contribution in [0.1, 0.15) is 151 Å². The number of hydrogen-bond acceptors (Lipinski definition) is 6. The molecule has 0 rings (SSSR count). The lowest BCUT2D eigenvalue weighted by Crippen LogP contribution is -2.42. The zero-order chi connectivity index (χ0) is 29.7. The number of ketones is 1. The molecule has 0 aliphatic rings. The van der Waals surface area contributed by atoms with Crippen LogP contribution in [-0.4, -0.2) is 52.6 Å². The first-order valence-electron chi connectivity index (χ1n) is 15.1. The maximum absolute atomic E-state index is 12.3. The van der Waals surface area contributed by atoms with Crippen LogP contribution < -0.4 is 5.32 Å². The largest absolute Gasteiger partial charge is 0.476 e. The summed E-state index contributed by atoms with van der Waals surface area (Å²) in [6.07, 6.45) is 16.7. The molecule has 0 aromatic heterocycles. The van der Waals surface area contributed by atoms with E-state index in [1.165, 1.54) is 57.8 Å². The molecule has 39 heavy (non-hydrogen) atoms. The highest BCUT2D eigenvalue weighted by Gasteiger charge is 2.23. The minimum atomic E-state index is -1.49. The standard InChI is InChI=1S/C31H57NO7/c1-30(2,3)38-24-25(23-26(33)29(36)37)32-27(34)21-19-17-15-13-11-9-7-8-10-12-14-16-18-20-22-28(35)39-31(4,5)6/h25H,7-24H2,1-6H3,(H,32,34)(H,36,37)/t25-/m0/s1. The van der Waals surface area contributed by atoms with E-state index in [9.17, 15) is 19.2 Å². The summed E-state index contributed by atoms with van der Waals surface area (Å²) >= 11 is 0. The van der Waals surface area contributed by atoms with Crippen molar-refractivity contribution in [1.29, 1.82) is 0 Å². The van der Waals surface area contributed by atoms with Gasteiger partial charge in [0.05, 0.1) is 18.2 Å². The van der Waals surface area contributed by atoms with Gasteiger partial charge in [0, 0.05) is 19.3 Å². The molecule has 1 amide bonds. The molecule has 0 saturated carbocycles. The Kier molecular flexibility index (Phi) is 19.8. The number of esters is 1. The second kappa shape index (κ2) is 20.9. The van der Waals surface area contributed by atoms with Crippen molar-refractivity contribution >= 4 is 23.6 Å². The predicted octanol–water partition coefficient (Wildman–Crippen LogP) is 6.91. The fourth-order valence-corrected chi connectivity index (χ4v) is 4.18. The van der Waals surface area contributed by atoms with Gasteiger partial charge in [-0.25, -0.2) is 4.79 Å². The van der Waals surface area contributed by atoms with Crippen LogP contribution in [-0.2, 0) is 28.7 Å². The van der Waals surface area contributed by atoms with Gasteiger partial charge < -0.3 is 19.9 Å². The number of carbonyl (C=O) groups is 4. The van der Waals surface area contributed by atoms with Gasteiger partial charge >= 0.3 is 11.9 Å². The molecule has 0 heterocycles. The average molecular weight is 556 g/mol. The third kappa shape index (κ3) is 26.0. The summed E-state index contributed by atoms with van der Waals surface area (Å²) in [4.78, 5) is 46.5. The molecule has 0 aromatic rings. The molecule has 0 aliphatic heterocycles. The maximum atomic E-state index is 12.3. The topological polar surface area (TPSA) is 119 Å². The Bertz CT molecular complexity index is 707. The summed E-state index contributed by atoms with van der Waals surface area (Å²) in [6, 6.07) is -0.635. The lowest BCUT2D eigenvalue weighted by molar-refractivity contribution is -0.155. The van der Waals surface area contributed by atoms with Crippen LogP contribution in [0.3, 0.4) is 0 Å². The minimum absolute atomic E-state index is 0.0903. The van der Waals surface area contributed by atoms with Crippen molar-refractivity contribution in [3.8, 4) is 0 Å². The van der Waals surface area contributed by atoms with Crippen molar-refractivity contribution < 1.29 is 33.8 Å². The Labute approximate surface area is 237 Å². The van der Waals surface area contributed by atoms with E-state index in [-0.39, 0.29) is 24.9 Å². The first-order chi connectivity index (χ1) is 18.2. The first-order valence-corrected chi connectivity index (χ1v) is 15.1. The fraction of sp³-hybridized carbons (Fsp3) is 0.871. The van der Waals surface area contributed by atoms with Crippen molar-refractivity contribution in [2.45, 2.75) is 168 Å². The van der Waals surface area contributed by atoms with Crippen LogP contribution in [0, 0.1) is 0 Å². The summed E-state index contributed by atoms with van der Waals surface area (Å²) in [7, 11) is 0. The molecule has 228 valence electrons. The fourth-order valence-electron chi connectivity index (χ4n) is 4.18. The zero-order valence-electron chi connectivity index (χ0n) is 25.7. The number of carboxylic acids is 1. The van der Waals surface area contributed by atoms with Crippen LogP contribution >= 0.6 is 0 Å². The smallest absolute Gasteiger partial charge is 0.372 e. The quantitative estimate of drug-likeness (QED) is 0.0798. The number of aliphatic carboxylic acids is 1. The van der Waals surface area contributed by atoms with Crippen LogP contribution in [0.25, 0.3) is 0 Å². The van der Waals surface area contributed by atoms with Gasteiger partial charge in [-0.05, 0) is 54.4 Å². The Hall–Kier alpha value is -1.96. The molecular formula is C31H57NO7. The third-order valence-corrected chi connectivity index (χ3v) is 6.21. The highest BCUT2D eigenvalue weighted by Crippen LogP contribution is 2.15. The average Bonchev–Trinajstić information content (AvgIpc) is 2.80. The molecule has 1 atom stereocenters. The number of rotatable bonds is 23. The maximum Gasteiger partial charge on any atom is 0.372 e. The van der Waals surface area contributed by atoms with Gasteiger partial charge in [0.2, 0.25) is 11.7 Å². The van der Waals surface area contributed by atoms with Crippen molar-refractivity contribution in [1.82, 2.24) is 5.32 Å². The SMILES string of the molecule is CC(C)(C)OC[C@H](CC(=O)C(=O)O)NC(=O)CCCCCCCCCCCCCCCCC(=O)OC(C)(C)C. The highest BCUT2D eigenvalue weighted by molar-refractivity contribution is 6.32. The van der Waals surface area contributed by atoms with Crippen molar-refractivity contribution in [2.75, 3.05) is 6.61 Å². The number of hydrogen-bond donors (Lipinski definition) is 2. The van der Waals surface area contributed by atoms with Gasteiger partial charge in [0.25, 0.3) is 0 Å². The molecule has 8 heteroatoms. The molecule has 8 nitrogen and oxygen atoms in total. The van der Waals surface area contributed by atoms with E-state index in [0.29, 0.717) is 12.8 Å². The lowest BCUT2D eigenvalue weighted by atomic mass is 10.0. The normalized spacial score (nSPS) is 12.7. The number of unbranched alkanes of at least 4 members (excludes halogenated alkanes) is 13. The lowest BCUT2D eigenvalue weighted by Gasteiger charge is -2.24. The second-order valence-corrected chi connectivity index (χ2v) is 12.7. The van der Waals surface area contributed by atoms with E-state index >= 15 is 0 Å². The Balaban J connectivity index is 3.69. The van der Waals surface area contributed by atoms with Crippen LogP contribution in [0.2, 0.25) is 0 Å². The first kappa shape index (κ1) is 37.0. The highest BCUT2D eigenvalue weighted by atomic mass is 16.6. The van der Waals surface area contributed by atoms with Crippen LogP contribution in [0.15, 0.2) is 0 Å². The number of carbonyl (C=O) groups excluding carboxylic acids is 3. The monoisotopic (exact) mass is 555 g/mol.